The Balaban J connectivity index is 1.60. The molecule has 0 saturated heterocycles. The highest BCUT2D eigenvalue weighted by Gasteiger charge is 2.35. The molecule has 0 saturated carbocycles. The molecule has 3 heterocycles. The molecule has 7 heteroatoms. The molecule has 7 nitrogen and oxygen atoms in total. The van der Waals surface area contributed by atoms with Gasteiger partial charge in [-0.2, -0.15) is 0 Å². The third-order valence-corrected chi connectivity index (χ3v) is 5.98. The van der Waals surface area contributed by atoms with Crippen LogP contribution >= 0.6 is 0 Å². The second-order valence-corrected chi connectivity index (χ2v) is 7.79. The van der Waals surface area contributed by atoms with Crippen LogP contribution in [0.4, 0.5) is 0 Å². The monoisotopic (exact) mass is 405 g/mol. The number of H-pyrrole nitrogens is 1. The van der Waals surface area contributed by atoms with E-state index in [1.807, 2.05) is 35.2 Å². The Morgan fingerprint density at radius 3 is 2.80 bits per heavy atom. The van der Waals surface area contributed by atoms with Crippen LogP contribution < -0.4 is 9.47 Å². The van der Waals surface area contributed by atoms with Gasteiger partial charge in [0.2, 0.25) is 18.6 Å². The maximum atomic E-state index is 13.2. The van der Waals surface area contributed by atoms with E-state index in [9.17, 15) is 9.59 Å². The van der Waals surface area contributed by atoms with Gasteiger partial charge in [-0.3, -0.25) is 9.59 Å². The minimum absolute atomic E-state index is 0.0476. The molecule has 1 N–H and O–H groups in total. The molecular formula is C23H23N3O4. The molecule has 2 aliphatic heterocycles. The van der Waals surface area contributed by atoms with Gasteiger partial charge in [-0.1, -0.05) is 24.3 Å². The lowest BCUT2D eigenvalue weighted by Gasteiger charge is -2.37. The van der Waals surface area contributed by atoms with E-state index < -0.39 is 0 Å². The molecule has 2 aliphatic rings. The molecule has 0 bridgehead atoms. The SMILES string of the molecule is CC(=O)N(C)CC(=O)N1CCc2c([nH]c3ccccc23)C1c1ccc2c(c1)OCO2. The summed E-state index contributed by atoms with van der Waals surface area (Å²) in [6.45, 7) is 2.30. The fourth-order valence-corrected chi connectivity index (χ4v) is 4.34. The average molecular weight is 405 g/mol. The lowest BCUT2D eigenvalue weighted by atomic mass is 9.92. The summed E-state index contributed by atoms with van der Waals surface area (Å²) < 4.78 is 11.0. The van der Waals surface area contributed by atoms with Gasteiger partial charge in [-0.05, 0) is 35.7 Å². The van der Waals surface area contributed by atoms with Crippen LogP contribution in [0.3, 0.4) is 0 Å². The van der Waals surface area contributed by atoms with Crippen molar-refractivity contribution in [3.05, 3.63) is 59.3 Å². The van der Waals surface area contributed by atoms with Crippen molar-refractivity contribution in [2.75, 3.05) is 26.9 Å². The third-order valence-electron chi connectivity index (χ3n) is 5.98. The number of carbonyl (C=O) groups excluding carboxylic acids is 2. The van der Waals surface area contributed by atoms with Crippen LogP contribution in [0.15, 0.2) is 42.5 Å². The highest BCUT2D eigenvalue weighted by Crippen LogP contribution is 2.42. The first-order valence-electron chi connectivity index (χ1n) is 10.0. The predicted molar refractivity (Wildman–Crippen MR) is 111 cm³/mol. The van der Waals surface area contributed by atoms with Crippen molar-refractivity contribution in [1.82, 2.24) is 14.8 Å². The van der Waals surface area contributed by atoms with Crippen LogP contribution in [0.1, 0.15) is 29.8 Å². The number of ether oxygens (including phenoxy) is 2. The number of benzene rings is 2. The second kappa shape index (κ2) is 7.09. The first kappa shape index (κ1) is 18.5. The molecule has 0 aliphatic carbocycles. The second-order valence-electron chi connectivity index (χ2n) is 7.79. The zero-order valence-electron chi connectivity index (χ0n) is 17.0. The standard InChI is InChI=1S/C23H23N3O4/c1-14(27)25(2)12-21(28)26-10-9-17-16-5-3-4-6-18(16)24-22(17)23(26)15-7-8-19-20(11-15)30-13-29-19/h3-8,11,23-24H,9-10,12-13H2,1-2H3. The van der Waals surface area contributed by atoms with Crippen molar-refractivity contribution in [2.45, 2.75) is 19.4 Å². The summed E-state index contributed by atoms with van der Waals surface area (Å²) in [7, 11) is 1.65. The van der Waals surface area contributed by atoms with Gasteiger partial charge < -0.3 is 24.3 Å². The smallest absolute Gasteiger partial charge is 0.243 e. The summed E-state index contributed by atoms with van der Waals surface area (Å²) in [6, 6.07) is 13.7. The van der Waals surface area contributed by atoms with E-state index in [0.29, 0.717) is 18.0 Å². The first-order valence-corrected chi connectivity index (χ1v) is 10.0. The minimum atomic E-state index is -0.288. The summed E-state index contributed by atoms with van der Waals surface area (Å²) >= 11 is 0. The number of hydrogen-bond acceptors (Lipinski definition) is 4. The van der Waals surface area contributed by atoms with Gasteiger partial charge in [0, 0.05) is 37.1 Å². The van der Waals surface area contributed by atoms with E-state index in [0.717, 1.165) is 23.2 Å². The van der Waals surface area contributed by atoms with Crippen molar-refractivity contribution in [2.24, 2.45) is 0 Å². The van der Waals surface area contributed by atoms with Gasteiger partial charge in [-0.25, -0.2) is 0 Å². The highest BCUT2D eigenvalue weighted by molar-refractivity contribution is 5.88. The van der Waals surface area contributed by atoms with Crippen LogP contribution in [0, 0.1) is 0 Å². The topological polar surface area (TPSA) is 74.9 Å². The maximum Gasteiger partial charge on any atom is 0.243 e. The van der Waals surface area contributed by atoms with Crippen molar-refractivity contribution in [1.29, 1.82) is 0 Å². The molecule has 2 aromatic carbocycles. The predicted octanol–water partition coefficient (Wildman–Crippen LogP) is 2.85. The van der Waals surface area contributed by atoms with E-state index in [-0.39, 0.29) is 31.2 Å². The van der Waals surface area contributed by atoms with Crippen molar-refractivity contribution >= 4 is 22.7 Å². The Morgan fingerprint density at radius 2 is 1.97 bits per heavy atom. The van der Waals surface area contributed by atoms with Crippen LogP contribution in [0.2, 0.25) is 0 Å². The molecule has 30 heavy (non-hydrogen) atoms. The molecule has 0 spiro atoms. The third kappa shape index (κ3) is 2.98. The quantitative estimate of drug-likeness (QED) is 0.727. The largest absolute Gasteiger partial charge is 0.454 e. The molecule has 154 valence electrons. The van der Waals surface area contributed by atoms with Crippen LogP contribution in [0.5, 0.6) is 11.5 Å². The number of rotatable bonds is 3. The van der Waals surface area contributed by atoms with E-state index in [1.54, 1.807) is 7.05 Å². The van der Waals surface area contributed by atoms with Crippen molar-refractivity contribution < 1.29 is 19.1 Å². The highest BCUT2D eigenvalue weighted by atomic mass is 16.7. The normalized spacial score (nSPS) is 17.1. The zero-order valence-corrected chi connectivity index (χ0v) is 17.0. The Kier molecular flexibility index (Phi) is 4.38. The molecular weight excluding hydrogens is 382 g/mol. The van der Waals surface area contributed by atoms with Gasteiger partial charge >= 0.3 is 0 Å². The Labute approximate surface area is 174 Å². The average Bonchev–Trinajstić information content (AvgIpc) is 3.36. The number of nitrogens with one attached hydrogen (secondary N) is 1. The van der Waals surface area contributed by atoms with Gasteiger partial charge in [0.15, 0.2) is 11.5 Å². The number of amides is 2. The molecule has 5 rings (SSSR count). The molecule has 1 unspecified atom stereocenters. The first-order chi connectivity index (χ1) is 14.5. The Hall–Kier alpha value is -3.48. The number of carbonyl (C=O) groups is 2. The van der Waals surface area contributed by atoms with E-state index in [2.05, 4.69) is 17.1 Å². The molecule has 0 fully saturated rings. The number of para-hydroxylation sites is 1. The zero-order chi connectivity index (χ0) is 20.8. The summed E-state index contributed by atoms with van der Waals surface area (Å²) in [5, 5.41) is 1.19. The maximum absolute atomic E-state index is 13.2. The number of aromatic nitrogens is 1. The molecule has 1 atom stereocenters. The number of aromatic amines is 1. The summed E-state index contributed by atoms with van der Waals surface area (Å²) in [5.41, 5.74) is 4.26. The summed E-state index contributed by atoms with van der Waals surface area (Å²) in [6.07, 6.45) is 0.760. The van der Waals surface area contributed by atoms with E-state index in [1.165, 1.54) is 22.8 Å². The van der Waals surface area contributed by atoms with Crippen LogP contribution in [0.25, 0.3) is 10.9 Å². The van der Waals surface area contributed by atoms with E-state index in [4.69, 9.17) is 9.47 Å². The number of likely N-dealkylation sites (N-methyl/N-ethyl adjacent to an activating group) is 1. The van der Waals surface area contributed by atoms with Gasteiger partial charge in [0.25, 0.3) is 0 Å². The van der Waals surface area contributed by atoms with Gasteiger partial charge in [-0.15, -0.1) is 0 Å². The molecule has 3 aromatic rings. The van der Waals surface area contributed by atoms with E-state index >= 15 is 0 Å². The van der Waals surface area contributed by atoms with Crippen LogP contribution in [-0.2, 0) is 16.0 Å². The number of hydrogen-bond donors (Lipinski definition) is 1. The van der Waals surface area contributed by atoms with Crippen molar-refractivity contribution in [3.8, 4) is 11.5 Å². The van der Waals surface area contributed by atoms with Crippen molar-refractivity contribution in [3.63, 3.8) is 0 Å². The summed E-state index contributed by atoms with van der Waals surface area (Å²) in [5.74, 6) is 1.18. The fourth-order valence-electron chi connectivity index (χ4n) is 4.34. The molecule has 1 aromatic heterocycles. The Morgan fingerprint density at radius 1 is 1.17 bits per heavy atom. The lowest BCUT2D eigenvalue weighted by Crippen LogP contribution is -2.45. The number of nitrogens with zero attached hydrogens (tertiary/aromatic N) is 2. The Bertz CT molecular complexity index is 1150. The van der Waals surface area contributed by atoms with Gasteiger partial charge in [0.05, 0.1) is 12.6 Å². The van der Waals surface area contributed by atoms with Gasteiger partial charge in [0.1, 0.15) is 0 Å². The van der Waals surface area contributed by atoms with Crippen LogP contribution in [-0.4, -0.2) is 53.5 Å². The lowest BCUT2D eigenvalue weighted by molar-refractivity contribution is -0.139. The minimum Gasteiger partial charge on any atom is -0.454 e. The fraction of sp³-hybridized carbons (Fsp3) is 0.304. The number of fused-ring (bicyclic) bond motifs is 4. The summed E-state index contributed by atoms with van der Waals surface area (Å²) in [4.78, 5) is 31.7. The molecule has 0 radical (unpaired) electrons. The molecule has 2 amide bonds.